The number of hydrogen-bond donors (Lipinski definition) is 0. The second-order valence-electron chi connectivity index (χ2n) is 7.10. The van der Waals surface area contributed by atoms with E-state index in [1.54, 1.807) is 29.9 Å². The Balaban J connectivity index is 1.63. The number of benzene rings is 2. The number of pyridine rings is 1. The Bertz CT molecular complexity index is 1120. The van der Waals surface area contributed by atoms with Crippen LogP contribution >= 0.6 is 0 Å². The van der Waals surface area contributed by atoms with Gasteiger partial charge in [0.1, 0.15) is 6.04 Å². The lowest BCUT2D eigenvalue weighted by Crippen LogP contribution is -2.30. The van der Waals surface area contributed by atoms with Gasteiger partial charge in [0.2, 0.25) is 5.91 Å². The van der Waals surface area contributed by atoms with Crippen LogP contribution in [0.1, 0.15) is 13.0 Å². The summed E-state index contributed by atoms with van der Waals surface area (Å²) in [7, 11) is 3.51. The number of likely N-dealkylation sites (N-methyl/N-ethyl adjacent to an activating group) is 1. The molecule has 4 rings (SSSR count). The Labute approximate surface area is 164 Å². The van der Waals surface area contributed by atoms with E-state index < -0.39 is 0 Å². The van der Waals surface area contributed by atoms with Crippen molar-refractivity contribution >= 4 is 16.7 Å². The molecule has 2 aromatic heterocycles. The van der Waals surface area contributed by atoms with E-state index >= 15 is 0 Å². The van der Waals surface area contributed by atoms with Crippen molar-refractivity contribution in [1.29, 1.82) is 0 Å². The monoisotopic (exact) mass is 370 g/mol. The van der Waals surface area contributed by atoms with Crippen LogP contribution in [0.3, 0.4) is 0 Å². The van der Waals surface area contributed by atoms with Gasteiger partial charge in [0.05, 0.1) is 6.20 Å². The van der Waals surface area contributed by atoms with Crippen molar-refractivity contribution in [2.75, 3.05) is 14.1 Å². The van der Waals surface area contributed by atoms with Crippen LogP contribution in [-0.2, 0) is 4.79 Å². The van der Waals surface area contributed by atoms with Crippen LogP contribution in [0.15, 0.2) is 73.3 Å². The summed E-state index contributed by atoms with van der Waals surface area (Å²) in [6, 6.07) is 16.3. The highest BCUT2D eigenvalue weighted by atomic mass is 16.2. The van der Waals surface area contributed by atoms with Crippen molar-refractivity contribution in [2.24, 2.45) is 0 Å². The molecule has 0 bridgehead atoms. The zero-order chi connectivity index (χ0) is 19.7. The van der Waals surface area contributed by atoms with Crippen molar-refractivity contribution in [2.45, 2.75) is 13.0 Å². The fourth-order valence-electron chi connectivity index (χ4n) is 3.37. The van der Waals surface area contributed by atoms with Crippen LogP contribution in [0.2, 0.25) is 0 Å². The molecule has 0 spiro atoms. The topological polar surface area (TPSA) is 51.0 Å². The van der Waals surface area contributed by atoms with Gasteiger partial charge in [0.15, 0.2) is 0 Å². The first-order valence-corrected chi connectivity index (χ1v) is 9.23. The molecule has 0 N–H and O–H groups in total. The first-order chi connectivity index (χ1) is 13.5. The van der Waals surface area contributed by atoms with E-state index in [0.717, 1.165) is 27.6 Å². The molecule has 0 fully saturated rings. The van der Waals surface area contributed by atoms with E-state index in [0.29, 0.717) is 0 Å². The normalized spacial score (nSPS) is 12.1. The van der Waals surface area contributed by atoms with Crippen LogP contribution in [0.4, 0.5) is 0 Å². The van der Waals surface area contributed by atoms with Crippen LogP contribution < -0.4 is 0 Å². The van der Waals surface area contributed by atoms with E-state index in [2.05, 4.69) is 46.5 Å². The smallest absolute Gasteiger partial charge is 0.246 e. The van der Waals surface area contributed by atoms with Crippen LogP contribution in [-0.4, -0.2) is 39.7 Å². The number of aromatic nitrogens is 3. The molecule has 0 aliphatic carbocycles. The Morgan fingerprint density at radius 2 is 1.64 bits per heavy atom. The average molecular weight is 370 g/mol. The second kappa shape index (κ2) is 7.27. The molecule has 0 radical (unpaired) electrons. The lowest BCUT2D eigenvalue weighted by molar-refractivity contribution is -0.131. The van der Waals surface area contributed by atoms with Gasteiger partial charge in [-0.15, -0.1) is 0 Å². The fourth-order valence-corrected chi connectivity index (χ4v) is 3.37. The summed E-state index contributed by atoms with van der Waals surface area (Å²) in [6.45, 7) is 1.86. The molecule has 0 saturated carbocycles. The molecule has 0 saturated heterocycles. The molecule has 4 aromatic rings. The quantitative estimate of drug-likeness (QED) is 0.534. The highest BCUT2D eigenvalue weighted by molar-refractivity contribution is 5.95. The van der Waals surface area contributed by atoms with Gasteiger partial charge in [0, 0.05) is 49.2 Å². The van der Waals surface area contributed by atoms with Crippen LogP contribution in [0.5, 0.6) is 0 Å². The zero-order valence-corrected chi connectivity index (χ0v) is 16.2. The van der Waals surface area contributed by atoms with Gasteiger partial charge >= 0.3 is 0 Å². The molecule has 0 unspecified atom stereocenters. The average Bonchev–Trinajstić information content (AvgIpc) is 3.22. The largest absolute Gasteiger partial charge is 0.347 e. The molecular formula is C23H22N4O. The number of fused-ring (bicyclic) bond motifs is 1. The third-order valence-electron chi connectivity index (χ3n) is 4.99. The Hall–Kier alpha value is -3.47. The molecule has 5 nitrogen and oxygen atoms in total. The lowest BCUT2D eigenvalue weighted by atomic mass is 9.99. The molecule has 0 aliphatic rings. The Morgan fingerprint density at radius 3 is 2.39 bits per heavy atom. The maximum absolute atomic E-state index is 12.2. The molecule has 0 aliphatic heterocycles. The number of nitrogens with zero attached hydrogens (tertiary/aromatic N) is 4. The summed E-state index contributed by atoms with van der Waals surface area (Å²) in [5, 5.41) is 6.70. The lowest BCUT2D eigenvalue weighted by Gasteiger charge is -2.16. The summed E-state index contributed by atoms with van der Waals surface area (Å²) in [6.07, 6.45) is 7.51. The third-order valence-corrected chi connectivity index (χ3v) is 4.99. The highest BCUT2D eigenvalue weighted by Crippen LogP contribution is 2.29. The van der Waals surface area contributed by atoms with E-state index in [-0.39, 0.29) is 11.9 Å². The van der Waals surface area contributed by atoms with Crippen molar-refractivity contribution in [1.82, 2.24) is 19.7 Å². The summed E-state index contributed by atoms with van der Waals surface area (Å²) in [5.41, 5.74) is 4.29. The van der Waals surface area contributed by atoms with Crippen molar-refractivity contribution in [3.05, 3.63) is 73.3 Å². The first-order valence-electron chi connectivity index (χ1n) is 9.23. The predicted octanol–water partition coefficient (Wildman–Crippen LogP) is 4.41. The van der Waals surface area contributed by atoms with E-state index in [4.69, 9.17) is 0 Å². The molecule has 2 heterocycles. The van der Waals surface area contributed by atoms with Gasteiger partial charge < -0.3 is 4.90 Å². The summed E-state index contributed by atoms with van der Waals surface area (Å²) < 4.78 is 1.71. The number of rotatable bonds is 4. The van der Waals surface area contributed by atoms with Crippen LogP contribution in [0.25, 0.3) is 33.0 Å². The van der Waals surface area contributed by atoms with Gasteiger partial charge in [-0.3, -0.25) is 14.5 Å². The molecule has 1 amide bonds. The molecule has 1 atom stereocenters. The highest BCUT2D eigenvalue weighted by Gasteiger charge is 2.18. The van der Waals surface area contributed by atoms with Crippen LogP contribution in [0, 0.1) is 0 Å². The maximum Gasteiger partial charge on any atom is 0.246 e. The van der Waals surface area contributed by atoms with E-state index in [1.165, 1.54) is 5.39 Å². The Kier molecular flexibility index (Phi) is 4.65. The standard InChI is InChI=1S/C23H22N4O/c1-16(23(28)26(2)3)27-15-20(13-25-27)17-8-10-18(11-9-17)22-14-24-12-19-6-4-5-7-21(19)22/h4-16H,1-3H3/t16-/m0/s1. The number of carbonyl (C=O) groups is 1. The van der Waals surface area contributed by atoms with Gasteiger partial charge in [-0.05, 0) is 23.4 Å². The molecule has 28 heavy (non-hydrogen) atoms. The van der Waals surface area contributed by atoms with E-state index in [1.807, 2.05) is 37.6 Å². The minimum atomic E-state index is -0.329. The molecule has 5 heteroatoms. The third kappa shape index (κ3) is 3.27. The number of carbonyl (C=O) groups excluding carboxylic acids is 1. The first kappa shape index (κ1) is 17.9. The minimum absolute atomic E-state index is 0.0217. The fraction of sp³-hybridized carbons (Fsp3) is 0.174. The second-order valence-corrected chi connectivity index (χ2v) is 7.10. The number of hydrogen-bond acceptors (Lipinski definition) is 3. The van der Waals surface area contributed by atoms with Gasteiger partial charge in [-0.1, -0.05) is 48.5 Å². The zero-order valence-electron chi connectivity index (χ0n) is 16.2. The maximum atomic E-state index is 12.2. The molecular weight excluding hydrogens is 348 g/mol. The number of amides is 1. The van der Waals surface area contributed by atoms with Gasteiger partial charge in [0.25, 0.3) is 0 Å². The minimum Gasteiger partial charge on any atom is -0.347 e. The van der Waals surface area contributed by atoms with Gasteiger partial charge in [-0.25, -0.2) is 0 Å². The van der Waals surface area contributed by atoms with Crippen molar-refractivity contribution < 1.29 is 4.79 Å². The van der Waals surface area contributed by atoms with Crippen molar-refractivity contribution in [3.63, 3.8) is 0 Å². The predicted molar refractivity (Wildman–Crippen MR) is 112 cm³/mol. The summed E-state index contributed by atoms with van der Waals surface area (Å²) in [5.74, 6) is 0.0217. The van der Waals surface area contributed by atoms with Gasteiger partial charge in [-0.2, -0.15) is 5.10 Å². The van der Waals surface area contributed by atoms with E-state index in [9.17, 15) is 4.79 Å². The summed E-state index contributed by atoms with van der Waals surface area (Å²) in [4.78, 5) is 18.1. The SMILES string of the molecule is C[C@@H](C(=O)N(C)C)n1cc(-c2ccc(-c3cncc4ccccc34)cc2)cn1. The molecule has 2 aromatic carbocycles. The van der Waals surface area contributed by atoms with Crippen molar-refractivity contribution in [3.8, 4) is 22.3 Å². The molecule has 140 valence electrons. The summed E-state index contributed by atoms with van der Waals surface area (Å²) >= 11 is 0. The Morgan fingerprint density at radius 1 is 0.929 bits per heavy atom.